The van der Waals surface area contributed by atoms with Crippen molar-refractivity contribution in [3.63, 3.8) is 0 Å². The van der Waals surface area contributed by atoms with E-state index in [0.29, 0.717) is 5.82 Å². The molecule has 1 amide bonds. The topological polar surface area (TPSA) is 71.5 Å². The molecule has 2 aliphatic rings. The Balaban J connectivity index is 1.49. The lowest BCUT2D eigenvalue weighted by Gasteiger charge is -2.28. The van der Waals surface area contributed by atoms with Crippen LogP contribution in [0.1, 0.15) is 38.5 Å². The van der Waals surface area contributed by atoms with Gasteiger partial charge in [-0.1, -0.05) is 12.5 Å². The zero-order valence-electron chi connectivity index (χ0n) is 13.6. The predicted molar refractivity (Wildman–Crippen MR) is 92.0 cm³/mol. The normalized spacial score (nSPS) is 23.9. The highest BCUT2D eigenvalue weighted by atomic mass is 16.5. The van der Waals surface area contributed by atoms with Crippen LogP contribution in [0.4, 0.5) is 5.82 Å². The number of amides is 1. The number of aliphatic hydroxyl groups excluding tert-OH is 1. The third kappa shape index (κ3) is 3.36. The number of rotatable bonds is 4. The molecule has 5 nitrogen and oxygen atoms in total. The molecule has 0 aliphatic heterocycles. The molecule has 5 heteroatoms. The lowest BCUT2D eigenvalue weighted by atomic mass is 9.95. The molecule has 2 fully saturated rings. The van der Waals surface area contributed by atoms with Gasteiger partial charge in [-0.3, -0.25) is 4.79 Å². The van der Waals surface area contributed by atoms with Crippen molar-refractivity contribution in [2.45, 2.75) is 50.7 Å². The van der Waals surface area contributed by atoms with E-state index in [9.17, 15) is 9.90 Å². The van der Waals surface area contributed by atoms with Crippen LogP contribution in [0.3, 0.4) is 0 Å². The SMILES string of the molecule is O=C(Nc1cc2ccc(O[C@@H]3CCCC[C@H]3O)cc2cn1)C1CC1. The summed E-state index contributed by atoms with van der Waals surface area (Å²) in [6.07, 6.45) is 7.07. The highest BCUT2D eigenvalue weighted by molar-refractivity contribution is 5.95. The monoisotopic (exact) mass is 326 g/mol. The molecule has 4 rings (SSSR count). The smallest absolute Gasteiger partial charge is 0.228 e. The Bertz CT molecular complexity index is 757. The number of hydrogen-bond acceptors (Lipinski definition) is 4. The number of aromatic nitrogens is 1. The molecule has 1 aromatic carbocycles. The van der Waals surface area contributed by atoms with Crippen molar-refractivity contribution in [1.82, 2.24) is 4.98 Å². The summed E-state index contributed by atoms with van der Waals surface area (Å²) in [7, 11) is 0. The lowest BCUT2D eigenvalue weighted by molar-refractivity contribution is -0.117. The number of nitrogens with zero attached hydrogens (tertiary/aromatic N) is 1. The number of pyridine rings is 1. The van der Waals surface area contributed by atoms with Gasteiger partial charge in [0, 0.05) is 17.5 Å². The number of anilines is 1. The molecule has 0 saturated heterocycles. The van der Waals surface area contributed by atoms with Gasteiger partial charge < -0.3 is 15.2 Å². The summed E-state index contributed by atoms with van der Waals surface area (Å²) in [5, 5.41) is 14.9. The first kappa shape index (κ1) is 15.4. The van der Waals surface area contributed by atoms with E-state index in [1.807, 2.05) is 24.3 Å². The minimum Gasteiger partial charge on any atom is -0.488 e. The largest absolute Gasteiger partial charge is 0.488 e. The van der Waals surface area contributed by atoms with E-state index in [-0.39, 0.29) is 24.0 Å². The Labute approximate surface area is 141 Å². The quantitative estimate of drug-likeness (QED) is 0.904. The first-order chi connectivity index (χ1) is 11.7. The molecule has 0 spiro atoms. The van der Waals surface area contributed by atoms with Crippen molar-refractivity contribution in [2.75, 3.05) is 5.32 Å². The number of benzene rings is 1. The zero-order chi connectivity index (χ0) is 16.5. The van der Waals surface area contributed by atoms with E-state index in [1.54, 1.807) is 6.20 Å². The molecule has 1 heterocycles. The van der Waals surface area contributed by atoms with E-state index in [4.69, 9.17) is 4.74 Å². The van der Waals surface area contributed by atoms with Gasteiger partial charge in [-0.2, -0.15) is 0 Å². The molecule has 24 heavy (non-hydrogen) atoms. The van der Waals surface area contributed by atoms with E-state index in [2.05, 4.69) is 10.3 Å². The van der Waals surface area contributed by atoms with Crippen molar-refractivity contribution >= 4 is 22.5 Å². The third-order valence-electron chi connectivity index (χ3n) is 4.85. The second-order valence-corrected chi connectivity index (χ2v) is 6.85. The van der Waals surface area contributed by atoms with Crippen LogP contribution in [-0.4, -0.2) is 28.2 Å². The van der Waals surface area contributed by atoms with Gasteiger partial charge in [0.25, 0.3) is 0 Å². The highest BCUT2D eigenvalue weighted by Crippen LogP contribution is 2.31. The van der Waals surface area contributed by atoms with E-state index >= 15 is 0 Å². The molecule has 2 N–H and O–H groups in total. The molecule has 2 atom stereocenters. The van der Waals surface area contributed by atoms with Crippen molar-refractivity contribution in [1.29, 1.82) is 0 Å². The molecule has 1 aromatic heterocycles. The van der Waals surface area contributed by atoms with E-state index in [0.717, 1.165) is 55.0 Å². The Morgan fingerprint density at radius 3 is 2.75 bits per heavy atom. The van der Waals surface area contributed by atoms with Crippen LogP contribution in [0.5, 0.6) is 5.75 Å². The summed E-state index contributed by atoms with van der Waals surface area (Å²) >= 11 is 0. The number of ether oxygens (including phenoxy) is 1. The standard InChI is InChI=1S/C19H22N2O3/c22-16-3-1-2-4-17(16)24-15-8-7-13-10-18(20-11-14(13)9-15)21-19(23)12-5-6-12/h7-12,16-17,22H,1-6H2,(H,20,21,23)/t16-,17-/m1/s1. The predicted octanol–water partition coefficient (Wildman–Crippen LogP) is 3.27. The van der Waals surface area contributed by atoms with Crippen molar-refractivity contribution < 1.29 is 14.6 Å². The molecule has 2 aliphatic carbocycles. The van der Waals surface area contributed by atoms with Gasteiger partial charge in [-0.15, -0.1) is 0 Å². The van der Waals surface area contributed by atoms with Crippen LogP contribution in [-0.2, 0) is 4.79 Å². The van der Waals surface area contributed by atoms with Gasteiger partial charge in [0.2, 0.25) is 5.91 Å². The lowest BCUT2D eigenvalue weighted by Crippen LogP contribution is -2.34. The molecule has 2 saturated carbocycles. The average molecular weight is 326 g/mol. The van der Waals surface area contributed by atoms with E-state index in [1.165, 1.54) is 0 Å². The fraction of sp³-hybridized carbons (Fsp3) is 0.474. The summed E-state index contributed by atoms with van der Waals surface area (Å²) in [6, 6.07) is 7.70. The fourth-order valence-corrected chi connectivity index (χ4v) is 3.22. The van der Waals surface area contributed by atoms with Gasteiger partial charge >= 0.3 is 0 Å². The first-order valence-corrected chi connectivity index (χ1v) is 8.74. The van der Waals surface area contributed by atoms with Gasteiger partial charge in [0.05, 0.1) is 6.10 Å². The van der Waals surface area contributed by atoms with Crippen LogP contribution < -0.4 is 10.1 Å². The van der Waals surface area contributed by atoms with Crippen LogP contribution in [0.15, 0.2) is 30.5 Å². The first-order valence-electron chi connectivity index (χ1n) is 8.74. The van der Waals surface area contributed by atoms with Crippen LogP contribution in [0.2, 0.25) is 0 Å². The summed E-state index contributed by atoms with van der Waals surface area (Å²) in [6.45, 7) is 0. The van der Waals surface area contributed by atoms with Crippen LogP contribution in [0, 0.1) is 5.92 Å². The van der Waals surface area contributed by atoms with Crippen molar-refractivity contribution in [3.8, 4) is 5.75 Å². The average Bonchev–Trinajstić information content (AvgIpc) is 3.42. The molecule has 2 aromatic rings. The molecular weight excluding hydrogens is 304 g/mol. The minimum atomic E-state index is -0.382. The van der Waals surface area contributed by atoms with Crippen LogP contribution in [0.25, 0.3) is 10.8 Å². The number of carbonyl (C=O) groups excluding carboxylic acids is 1. The number of fused-ring (bicyclic) bond motifs is 1. The maximum absolute atomic E-state index is 11.8. The highest BCUT2D eigenvalue weighted by Gasteiger charge is 2.29. The minimum absolute atomic E-state index is 0.0630. The maximum atomic E-state index is 11.8. The third-order valence-corrected chi connectivity index (χ3v) is 4.85. The molecular formula is C19H22N2O3. The van der Waals surface area contributed by atoms with Gasteiger partial charge in [-0.25, -0.2) is 4.98 Å². The maximum Gasteiger partial charge on any atom is 0.228 e. The van der Waals surface area contributed by atoms with Crippen LogP contribution >= 0.6 is 0 Å². The molecule has 0 unspecified atom stereocenters. The number of nitrogens with one attached hydrogen (secondary N) is 1. The second-order valence-electron chi connectivity index (χ2n) is 6.85. The Morgan fingerprint density at radius 2 is 1.96 bits per heavy atom. The molecule has 126 valence electrons. The summed E-state index contributed by atoms with van der Waals surface area (Å²) < 4.78 is 5.96. The van der Waals surface area contributed by atoms with Gasteiger partial charge in [-0.05, 0) is 55.7 Å². The van der Waals surface area contributed by atoms with Gasteiger partial charge in [0.1, 0.15) is 17.7 Å². The van der Waals surface area contributed by atoms with Crippen molar-refractivity contribution in [2.24, 2.45) is 5.92 Å². The Kier molecular flexibility index (Phi) is 4.10. The number of hydrogen-bond donors (Lipinski definition) is 2. The Morgan fingerprint density at radius 1 is 1.12 bits per heavy atom. The molecule has 0 radical (unpaired) electrons. The Hall–Kier alpha value is -2.14. The van der Waals surface area contributed by atoms with Gasteiger partial charge in [0.15, 0.2) is 0 Å². The zero-order valence-corrected chi connectivity index (χ0v) is 13.6. The number of aliphatic hydroxyl groups is 1. The van der Waals surface area contributed by atoms with E-state index < -0.39 is 0 Å². The number of carbonyl (C=O) groups is 1. The summed E-state index contributed by atoms with van der Waals surface area (Å²) in [5.41, 5.74) is 0. The summed E-state index contributed by atoms with van der Waals surface area (Å²) in [5.74, 6) is 1.58. The molecule has 0 bridgehead atoms. The second kappa shape index (κ2) is 6.40. The summed E-state index contributed by atoms with van der Waals surface area (Å²) in [4.78, 5) is 16.1. The van der Waals surface area contributed by atoms with Crippen molar-refractivity contribution in [3.05, 3.63) is 30.5 Å². The fourth-order valence-electron chi connectivity index (χ4n) is 3.22.